The number of halogens is 2. The van der Waals surface area contributed by atoms with Gasteiger partial charge in [-0.1, -0.05) is 0 Å². The minimum atomic E-state index is -0.867. The molecule has 0 saturated carbocycles. The van der Waals surface area contributed by atoms with Crippen molar-refractivity contribution in [2.24, 2.45) is 0 Å². The van der Waals surface area contributed by atoms with Gasteiger partial charge < -0.3 is 10.5 Å². The highest BCUT2D eigenvalue weighted by atomic mass is 19.1. The van der Waals surface area contributed by atoms with Crippen LogP contribution in [0, 0.1) is 11.6 Å². The van der Waals surface area contributed by atoms with E-state index in [4.69, 9.17) is 10.5 Å². The largest absolute Gasteiger partial charge is 0.457 e. The highest BCUT2D eigenvalue weighted by molar-refractivity contribution is 5.90. The third-order valence-corrected chi connectivity index (χ3v) is 2.34. The summed E-state index contributed by atoms with van der Waals surface area (Å²) in [6.07, 6.45) is 2.38. The molecule has 0 spiro atoms. The molecule has 2 aromatic rings. The second-order valence-corrected chi connectivity index (χ2v) is 3.83. The molecule has 0 aliphatic rings. The lowest BCUT2D eigenvalue weighted by molar-refractivity contribution is 0.0466. The first-order valence-corrected chi connectivity index (χ1v) is 5.38. The van der Waals surface area contributed by atoms with Crippen molar-refractivity contribution >= 4 is 11.7 Å². The van der Waals surface area contributed by atoms with Gasteiger partial charge in [-0.05, 0) is 24.3 Å². The third-order valence-electron chi connectivity index (χ3n) is 2.34. The number of pyridine rings is 1. The quantitative estimate of drug-likeness (QED) is 0.682. The van der Waals surface area contributed by atoms with Crippen LogP contribution >= 0.6 is 0 Å². The molecule has 0 radical (unpaired) electrons. The van der Waals surface area contributed by atoms with Gasteiger partial charge in [-0.3, -0.25) is 4.98 Å². The highest BCUT2D eigenvalue weighted by Crippen LogP contribution is 2.14. The summed E-state index contributed by atoms with van der Waals surface area (Å²) < 4.78 is 31.1. The first kappa shape index (κ1) is 12.9. The molecule has 1 aromatic heterocycles. The van der Waals surface area contributed by atoms with Gasteiger partial charge >= 0.3 is 5.97 Å². The molecule has 0 aliphatic carbocycles. The minimum absolute atomic E-state index is 0.197. The van der Waals surface area contributed by atoms with Crippen LogP contribution in [-0.2, 0) is 11.3 Å². The standard InChI is InChI=1S/C13H10F2N2O2/c14-9-3-8(5-17-6-9)7-19-13(18)11-4-10(16)1-2-12(11)15/h1-6H,7,16H2. The number of hydrogen-bond acceptors (Lipinski definition) is 4. The SMILES string of the molecule is Nc1ccc(F)c(C(=O)OCc2cncc(F)c2)c1. The number of esters is 1. The number of carbonyl (C=O) groups excluding carboxylic acids is 1. The molecule has 0 atom stereocenters. The number of nitrogens with two attached hydrogens (primary N) is 1. The van der Waals surface area contributed by atoms with Crippen LogP contribution in [0.1, 0.15) is 15.9 Å². The first-order valence-electron chi connectivity index (χ1n) is 5.38. The zero-order valence-corrected chi connectivity index (χ0v) is 9.77. The molecular formula is C13H10F2N2O2. The number of aromatic nitrogens is 1. The van der Waals surface area contributed by atoms with Crippen LogP contribution in [-0.4, -0.2) is 11.0 Å². The summed E-state index contributed by atoms with van der Waals surface area (Å²) in [5.74, 6) is -2.13. The van der Waals surface area contributed by atoms with Gasteiger partial charge in [-0.25, -0.2) is 13.6 Å². The fourth-order valence-electron chi connectivity index (χ4n) is 1.46. The molecule has 0 bridgehead atoms. The predicted molar refractivity (Wildman–Crippen MR) is 64.1 cm³/mol. The van der Waals surface area contributed by atoms with Crippen molar-refractivity contribution < 1.29 is 18.3 Å². The number of carbonyl (C=O) groups is 1. The second kappa shape index (κ2) is 5.43. The summed E-state index contributed by atoms with van der Waals surface area (Å²) in [6.45, 7) is -0.197. The zero-order valence-electron chi connectivity index (χ0n) is 9.77. The molecule has 0 saturated heterocycles. The Bertz CT molecular complexity index is 617. The second-order valence-electron chi connectivity index (χ2n) is 3.83. The van der Waals surface area contributed by atoms with Crippen LogP contribution in [0.5, 0.6) is 0 Å². The fourth-order valence-corrected chi connectivity index (χ4v) is 1.46. The molecule has 0 fully saturated rings. The molecule has 19 heavy (non-hydrogen) atoms. The monoisotopic (exact) mass is 264 g/mol. The Labute approximate surface area is 107 Å². The maximum absolute atomic E-state index is 13.4. The normalized spacial score (nSPS) is 10.2. The number of benzene rings is 1. The van der Waals surface area contributed by atoms with E-state index in [1.165, 1.54) is 24.4 Å². The average Bonchev–Trinajstić information content (AvgIpc) is 2.39. The van der Waals surface area contributed by atoms with E-state index in [2.05, 4.69) is 4.98 Å². The fraction of sp³-hybridized carbons (Fsp3) is 0.0769. The first-order chi connectivity index (χ1) is 9.06. The van der Waals surface area contributed by atoms with Crippen molar-refractivity contribution in [3.63, 3.8) is 0 Å². The third kappa shape index (κ3) is 3.25. The van der Waals surface area contributed by atoms with Crippen molar-refractivity contribution in [2.75, 3.05) is 5.73 Å². The molecule has 6 heteroatoms. The van der Waals surface area contributed by atoms with Crippen molar-refractivity contribution in [1.82, 2.24) is 4.98 Å². The van der Waals surface area contributed by atoms with E-state index in [1.807, 2.05) is 0 Å². The van der Waals surface area contributed by atoms with Gasteiger partial charge in [0.25, 0.3) is 0 Å². The van der Waals surface area contributed by atoms with Crippen LogP contribution in [0.4, 0.5) is 14.5 Å². The number of anilines is 1. The van der Waals surface area contributed by atoms with Crippen LogP contribution in [0.15, 0.2) is 36.7 Å². The van der Waals surface area contributed by atoms with E-state index in [9.17, 15) is 13.6 Å². The van der Waals surface area contributed by atoms with E-state index >= 15 is 0 Å². The Hall–Kier alpha value is -2.50. The van der Waals surface area contributed by atoms with Crippen molar-refractivity contribution in [1.29, 1.82) is 0 Å². The summed E-state index contributed by atoms with van der Waals surface area (Å²) in [5.41, 5.74) is 5.82. The highest BCUT2D eigenvalue weighted by Gasteiger charge is 2.13. The molecule has 4 nitrogen and oxygen atoms in total. The lowest BCUT2D eigenvalue weighted by atomic mass is 10.2. The van der Waals surface area contributed by atoms with Crippen molar-refractivity contribution in [3.05, 3.63) is 59.4 Å². The lowest BCUT2D eigenvalue weighted by Crippen LogP contribution is -2.08. The van der Waals surface area contributed by atoms with Gasteiger partial charge in [-0.2, -0.15) is 0 Å². The van der Waals surface area contributed by atoms with Crippen LogP contribution in [0.2, 0.25) is 0 Å². The van der Waals surface area contributed by atoms with Crippen LogP contribution < -0.4 is 5.73 Å². The molecule has 0 amide bonds. The molecule has 0 unspecified atom stereocenters. The molecule has 2 rings (SSSR count). The summed E-state index contributed by atoms with van der Waals surface area (Å²) in [5, 5.41) is 0. The average molecular weight is 264 g/mol. The van der Waals surface area contributed by atoms with Gasteiger partial charge in [-0.15, -0.1) is 0 Å². The number of nitrogens with zero attached hydrogens (tertiary/aromatic N) is 1. The van der Waals surface area contributed by atoms with Gasteiger partial charge in [0.05, 0.1) is 11.8 Å². The Kier molecular flexibility index (Phi) is 3.70. The van der Waals surface area contributed by atoms with Gasteiger partial charge in [0, 0.05) is 17.4 Å². The molecule has 0 aliphatic heterocycles. The maximum atomic E-state index is 13.4. The Balaban J connectivity index is 2.07. The van der Waals surface area contributed by atoms with Crippen molar-refractivity contribution in [2.45, 2.75) is 6.61 Å². The number of nitrogen functional groups attached to an aromatic ring is 1. The summed E-state index contributed by atoms with van der Waals surface area (Å²) in [4.78, 5) is 15.3. The number of hydrogen-bond donors (Lipinski definition) is 1. The smallest absolute Gasteiger partial charge is 0.341 e. The van der Waals surface area contributed by atoms with Crippen LogP contribution in [0.3, 0.4) is 0 Å². The van der Waals surface area contributed by atoms with Gasteiger partial charge in [0.1, 0.15) is 18.2 Å². The van der Waals surface area contributed by atoms with E-state index in [0.717, 1.165) is 12.3 Å². The molecule has 1 heterocycles. The Morgan fingerprint density at radius 2 is 2.05 bits per heavy atom. The van der Waals surface area contributed by atoms with E-state index in [0.29, 0.717) is 5.56 Å². The summed E-state index contributed by atoms with van der Waals surface area (Å²) >= 11 is 0. The van der Waals surface area contributed by atoms with Gasteiger partial charge in [0.15, 0.2) is 0 Å². The molecule has 98 valence electrons. The zero-order chi connectivity index (χ0) is 13.8. The van der Waals surface area contributed by atoms with E-state index < -0.39 is 17.6 Å². The number of rotatable bonds is 3. The Morgan fingerprint density at radius 1 is 1.26 bits per heavy atom. The van der Waals surface area contributed by atoms with E-state index in [-0.39, 0.29) is 17.9 Å². The summed E-state index contributed by atoms with van der Waals surface area (Å²) in [6, 6.07) is 4.77. The summed E-state index contributed by atoms with van der Waals surface area (Å²) in [7, 11) is 0. The lowest BCUT2D eigenvalue weighted by Gasteiger charge is -2.06. The van der Waals surface area contributed by atoms with Crippen LogP contribution in [0.25, 0.3) is 0 Å². The molecular weight excluding hydrogens is 254 g/mol. The topological polar surface area (TPSA) is 65.2 Å². The molecule has 2 N–H and O–H groups in total. The van der Waals surface area contributed by atoms with E-state index in [1.54, 1.807) is 0 Å². The molecule has 1 aromatic carbocycles. The Morgan fingerprint density at radius 3 is 2.79 bits per heavy atom. The number of ether oxygens (including phenoxy) is 1. The van der Waals surface area contributed by atoms with Gasteiger partial charge in [0.2, 0.25) is 0 Å². The maximum Gasteiger partial charge on any atom is 0.341 e. The minimum Gasteiger partial charge on any atom is -0.457 e. The van der Waals surface area contributed by atoms with Crippen molar-refractivity contribution in [3.8, 4) is 0 Å². The predicted octanol–water partition coefficient (Wildman–Crippen LogP) is 2.30.